The van der Waals surface area contributed by atoms with Crippen LogP contribution in [0.2, 0.25) is 0 Å². The lowest BCUT2D eigenvalue weighted by molar-refractivity contribution is -0.119. The van der Waals surface area contributed by atoms with Crippen LogP contribution in [0.15, 0.2) is 30.5 Å². The minimum absolute atomic E-state index is 0.0255. The summed E-state index contributed by atoms with van der Waals surface area (Å²) in [6, 6.07) is 7.28. The van der Waals surface area contributed by atoms with E-state index in [2.05, 4.69) is 9.97 Å². The van der Waals surface area contributed by atoms with Crippen molar-refractivity contribution in [3.63, 3.8) is 0 Å². The second-order valence-electron chi connectivity index (χ2n) is 9.02. The predicted octanol–water partition coefficient (Wildman–Crippen LogP) is 5.38. The fraction of sp³-hybridized carbons (Fsp3) is 0.423. The van der Waals surface area contributed by atoms with E-state index in [9.17, 15) is 9.59 Å². The van der Waals surface area contributed by atoms with E-state index in [0.717, 1.165) is 25.7 Å². The first-order valence-corrected chi connectivity index (χ1v) is 11.4. The van der Waals surface area contributed by atoms with Gasteiger partial charge in [-0.25, -0.2) is 4.39 Å². The lowest BCUT2D eigenvalue weighted by Gasteiger charge is -2.34. The van der Waals surface area contributed by atoms with Crippen molar-refractivity contribution in [2.24, 2.45) is 5.92 Å². The van der Waals surface area contributed by atoms with Gasteiger partial charge in [0.2, 0.25) is 0 Å². The highest BCUT2D eigenvalue weighted by Gasteiger charge is 2.33. The Labute approximate surface area is 186 Å². The number of carbonyl (C=O) groups excluding carboxylic acids is 2. The van der Waals surface area contributed by atoms with E-state index in [4.69, 9.17) is 4.74 Å². The van der Waals surface area contributed by atoms with Crippen molar-refractivity contribution in [3.05, 3.63) is 53.1 Å². The third kappa shape index (κ3) is 3.66. The Morgan fingerprint density at radius 1 is 1.25 bits per heavy atom. The smallest absolute Gasteiger partial charge is 0.164 e. The van der Waals surface area contributed by atoms with Gasteiger partial charge < -0.3 is 9.72 Å². The highest BCUT2D eigenvalue weighted by Crippen LogP contribution is 2.42. The quantitative estimate of drug-likeness (QED) is 0.484. The third-order valence-electron chi connectivity index (χ3n) is 6.93. The molecular formula is C26H27FN2O3. The van der Waals surface area contributed by atoms with E-state index in [1.165, 1.54) is 0 Å². The number of nitrogens with zero attached hydrogens (tertiary/aromatic N) is 1. The van der Waals surface area contributed by atoms with Crippen LogP contribution in [-0.4, -0.2) is 34.7 Å². The molecule has 0 spiro atoms. The van der Waals surface area contributed by atoms with E-state index >= 15 is 4.39 Å². The number of pyridine rings is 1. The molecule has 0 radical (unpaired) electrons. The molecule has 5 nitrogen and oxygen atoms in total. The van der Waals surface area contributed by atoms with Crippen LogP contribution in [0.4, 0.5) is 4.39 Å². The molecule has 1 N–H and O–H groups in total. The molecule has 0 unspecified atom stereocenters. The summed E-state index contributed by atoms with van der Waals surface area (Å²) in [5.41, 5.74) is 3.54. The number of hydrogen-bond acceptors (Lipinski definition) is 4. The van der Waals surface area contributed by atoms with Gasteiger partial charge in [-0.05, 0) is 49.3 Å². The van der Waals surface area contributed by atoms with E-state index in [1.54, 1.807) is 26.3 Å². The van der Waals surface area contributed by atoms with Gasteiger partial charge in [-0.3, -0.25) is 14.6 Å². The number of aromatic nitrogens is 2. The molecule has 6 heteroatoms. The summed E-state index contributed by atoms with van der Waals surface area (Å²) in [5, 5.41) is 0.702. The number of benzene rings is 1. The Bertz CT molecular complexity index is 1210. The van der Waals surface area contributed by atoms with E-state index in [0.29, 0.717) is 45.4 Å². The van der Waals surface area contributed by atoms with Gasteiger partial charge in [0.05, 0.1) is 23.7 Å². The van der Waals surface area contributed by atoms with Crippen LogP contribution < -0.4 is 0 Å². The number of halogens is 1. The number of rotatable bonds is 8. The van der Waals surface area contributed by atoms with Gasteiger partial charge in [0.25, 0.3) is 0 Å². The van der Waals surface area contributed by atoms with Crippen LogP contribution in [0, 0.1) is 11.7 Å². The first kappa shape index (κ1) is 21.0. The van der Waals surface area contributed by atoms with Crippen molar-refractivity contribution in [1.29, 1.82) is 0 Å². The number of nitrogens with one attached hydrogen (secondary N) is 1. The Morgan fingerprint density at radius 2 is 2.03 bits per heavy atom. The summed E-state index contributed by atoms with van der Waals surface area (Å²) >= 11 is 0. The predicted molar refractivity (Wildman–Crippen MR) is 120 cm³/mol. The monoisotopic (exact) mass is 434 g/mol. The first-order chi connectivity index (χ1) is 15.5. The molecule has 32 heavy (non-hydrogen) atoms. The summed E-state index contributed by atoms with van der Waals surface area (Å²) in [5.74, 6) is 0.184. The van der Waals surface area contributed by atoms with Crippen LogP contribution in [0.3, 0.4) is 0 Å². The van der Waals surface area contributed by atoms with Crippen molar-refractivity contribution in [2.45, 2.75) is 57.5 Å². The summed E-state index contributed by atoms with van der Waals surface area (Å²) in [6.07, 6.45) is 5.84. The molecule has 2 aliphatic carbocycles. The number of fused-ring (bicyclic) bond motifs is 1. The number of hydrogen-bond donors (Lipinski definition) is 1. The zero-order chi connectivity index (χ0) is 22.4. The highest BCUT2D eigenvalue weighted by atomic mass is 19.1. The second-order valence-corrected chi connectivity index (χ2v) is 9.02. The molecule has 2 heterocycles. The molecule has 0 bridgehead atoms. The first-order valence-electron chi connectivity index (χ1n) is 11.4. The Balaban J connectivity index is 1.57. The molecule has 2 aliphatic rings. The molecule has 1 aromatic carbocycles. The summed E-state index contributed by atoms with van der Waals surface area (Å²) in [4.78, 5) is 32.7. The maximum atomic E-state index is 15.5. The molecule has 166 valence electrons. The van der Waals surface area contributed by atoms with E-state index in [-0.39, 0.29) is 41.7 Å². The van der Waals surface area contributed by atoms with Gasteiger partial charge in [0, 0.05) is 47.9 Å². The number of ketones is 2. The third-order valence-corrected chi connectivity index (χ3v) is 6.93. The van der Waals surface area contributed by atoms with Crippen molar-refractivity contribution in [1.82, 2.24) is 9.97 Å². The zero-order valence-corrected chi connectivity index (χ0v) is 18.4. The Hall–Kier alpha value is -2.86. The Morgan fingerprint density at radius 3 is 2.72 bits per heavy atom. The minimum atomic E-state index is -0.245. The molecule has 0 saturated heterocycles. The minimum Gasteiger partial charge on any atom is -0.381 e. The fourth-order valence-corrected chi connectivity index (χ4v) is 4.66. The van der Waals surface area contributed by atoms with Crippen LogP contribution >= 0.6 is 0 Å². The largest absolute Gasteiger partial charge is 0.381 e. The van der Waals surface area contributed by atoms with Gasteiger partial charge in [0.1, 0.15) is 11.6 Å². The number of Topliss-reactive ketones (excluding diaryl/α,β-unsaturated/α-hetero) is 2. The number of aromatic amines is 1. The number of carbonyl (C=O) groups is 2. The molecule has 2 fully saturated rings. The molecule has 0 amide bonds. The lowest BCUT2D eigenvalue weighted by Crippen LogP contribution is -2.29. The number of ether oxygens (including phenoxy) is 1. The molecule has 2 aromatic heterocycles. The van der Waals surface area contributed by atoms with Gasteiger partial charge in [-0.2, -0.15) is 0 Å². The molecule has 0 aliphatic heterocycles. The van der Waals surface area contributed by atoms with Crippen molar-refractivity contribution in [2.75, 3.05) is 7.11 Å². The van der Waals surface area contributed by atoms with Crippen LogP contribution in [-0.2, 0) is 16.0 Å². The van der Waals surface area contributed by atoms with Gasteiger partial charge in [-0.15, -0.1) is 0 Å². The zero-order valence-electron chi connectivity index (χ0n) is 18.4. The Kier molecular flexibility index (Phi) is 5.41. The number of methoxy groups -OCH3 is 1. The summed E-state index contributed by atoms with van der Waals surface area (Å²) in [7, 11) is 1.69. The van der Waals surface area contributed by atoms with Crippen LogP contribution in [0.5, 0.6) is 0 Å². The van der Waals surface area contributed by atoms with Crippen molar-refractivity contribution >= 4 is 22.5 Å². The lowest BCUT2D eigenvalue weighted by atomic mass is 9.77. The summed E-state index contributed by atoms with van der Waals surface area (Å²) in [6.45, 7) is 1.81. The standard InChI is InChI=1S/C26H27FN2O3/c1-3-23(30)20-13-28-22(12-24(31)14-7-8-14)26-19(20)11-21(29-26)18-6-4-5-17(25(18)27)15-9-16(10-15)32-2/h4-6,11,13-16,29H,3,7-10,12H2,1-2H3. The SMILES string of the molecule is CCC(=O)c1cnc(CC(=O)C2CC2)c2[nH]c(-c3cccc(C4CC(OC)C4)c3F)cc12. The molecular weight excluding hydrogens is 407 g/mol. The molecule has 3 aromatic rings. The molecule has 0 atom stereocenters. The average molecular weight is 435 g/mol. The maximum Gasteiger partial charge on any atom is 0.164 e. The highest BCUT2D eigenvalue weighted by molar-refractivity contribution is 6.09. The fourth-order valence-electron chi connectivity index (χ4n) is 4.66. The van der Waals surface area contributed by atoms with E-state index < -0.39 is 0 Å². The average Bonchev–Trinajstić information content (AvgIpc) is 3.52. The number of H-pyrrole nitrogens is 1. The van der Waals surface area contributed by atoms with Crippen LogP contribution in [0.25, 0.3) is 22.2 Å². The van der Waals surface area contributed by atoms with Crippen molar-refractivity contribution < 1.29 is 18.7 Å². The molecule has 5 rings (SSSR count). The van der Waals surface area contributed by atoms with Gasteiger partial charge >= 0.3 is 0 Å². The van der Waals surface area contributed by atoms with Gasteiger partial charge in [-0.1, -0.05) is 19.1 Å². The topological polar surface area (TPSA) is 72.0 Å². The van der Waals surface area contributed by atoms with Crippen LogP contribution in [0.1, 0.15) is 66.6 Å². The maximum absolute atomic E-state index is 15.5. The van der Waals surface area contributed by atoms with E-state index in [1.807, 2.05) is 18.2 Å². The summed E-state index contributed by atoms with van der Waals surface area (Å²) < 4.78 is 20.9. The van der Waals surface area contributed by atoms with Gasteiger partial charge in [0.15, 0.2) is 5.78 Å². The molecule has 2 saturated carbocycles. The second kappa shape index (κ2) is 8.24. The normalized spacial score (nSPS) is 20.3. The van der Waals surface area contributed by atoms with Crippen molar-refractivity contribution in [3.8, 4) is 11.3 Å².